The molecule has 1 N–H and O–H groups in total. The van der Waals surface area contributed by atoms with E-state index in [1.165, 1.54) is 5.56 Å². The maximum atomic E-state index is 13.4. The number of hydrogen-bond acceptors (Lipinski definition) is 2. The normalized spacial score (nSPS) is 13.4. The zero-order valence-corrected chi connectivity index (χ0v) is 18.8. The Balaban J connectivity index is 1.44. The van der Waals surface area contributed by atoms with Gasteiger partial charge in [0.1, 0.15) is 0 Å². The molecule has 0 atom stereocenters. The van der Waals surface area contributed by atoms with E-state index < -0.39 is 0 Å². The van der Waals surface area contributed by atoms with Crippen LogP contribution in [0.2, 0.25) is 0 Å². The maximum absolute atomic E-state index is 13.4. The number of carbonyl (C=O) groups excluding carboxylic acids is 2. The van der Waals surface area contributed by atoms with Crippen LogP contribution < -0.4 is 5.32 Å². The summed E-state index contributed by atoms with van der Waals surface area (Å²) in [4.78, 5) is 28.2. The molecule has 0 aliphatic carbocycles. The van der Waals surface area contributed by atoms with Crippen LogP contribution in [0.5, 0.6) is 0 Å². The van der Waals surface area contributed by atoms with Crippen molar-refractivity contribution in [1.82, 2.24) is 9.47 Å². The molecule has 0 unspecified atom stereocenters. The second-order valence-corrected chi connectivity index (χ2v) is 8.60. The van der Waals surface area contributed by atoms with Crippen LogP contribution >= 0.6 is 0 Å². The average Bonchev–Trinajstić information content (AvgIpc) is 3.50. The predicted octanol–water partition coefficient (Wildman–Crippen LogP) is 5.49. The number of rotatable bonds is 5. The minimum atomic E-state index is -0.174. The first kappa shape index (κ1) is 21.0. The molecular weight excluding hydrogens is 410 g/mol. The summed E-state index contributed by atoms with van der Waals surface area (Å²) in [6.45, 7) is 4.19. The van der Waals surface area contributed by atoms with Gasteiger partial charge in [-0.2, -0.15) is 0 Å². The fourth-order valence-electron chi connectivity index (χ4n) is 4.62. The summed E-state index contributed by atoms with van der Waals surface area (Å²) >= 11 is 0. The summed E-state index contributed by atoms with van der Waals surface area (Å²) in [7, 11) is 0. The van der Waals surface area contributed by atoms with Gasteiger partial charge in [0.25, 0.3) is 11.8 Å². The van der Waals surface area contributed by atoms with E-state index in [9.17, 15) is 9.59 Å². The lowest BCUT2D eigenvalue weighted by molar-refractivity contribution is 0.0791. The molecule has 3 aromatic carbocycles. The molecule has 1 saturated heterocycles. The first-order chi connectivity index (χ1) is 16.1. The second kappa shape index (κ2) is 8.94. The standard InChI is InChI=1S/C28H27N3O2/c1-20-22(28(33)30-16-7-8-17-30)13-9-14-25(20)29-27(32)24-19-31(18-21-10-3-2-4-11-21)26-15-6-5-12-23(24)26/h2-6,9-15,19H,7-8,16-18H2,1H3,(H,29,32). The molecule has 2 heterocycles. The number of carbonyl (C=O) groups is 2. The Morgan fingerprint density at radius 1 is 0.848 bits per heavy atom. The third-order valence-electron chi connectivity index (χ3n) is 6.43. The number of benzene rings is 3. The molecule has 166 valence electrons. The van der Waals surface area contributed by atoms with E-state index in [0.717, 1.165) is 42.4 Å². The highest BCUT2D eigenvalue weighted by Crippen LogP contribution is 2.26. The Kier molecular flexibility index (Phi) is 5.69. The van der Waals surface area contributed by atoms with E-state index in [-0.39, 0.29) is 11.8 Å². The molecule has 1 aromatic heterocycles. The van der Waals surface area contributed by atoms with Crippen molar-refractivity contribution in [3.63, 3.8) is 0 Å². The van der Waals surface area contributed by atoms with Gasteiger partial charge >= 0.3 is 0 Å². The Morgan fingerprint density at radius 3 is 2.36 bits per heavy atom. The van der Waals surface area contributed by atoms with Crippen molar-refractivity contribution >= 4 is 28.4 Å². The molecule has 0 spiro atoms. The first-order valence-corrected chi connectivity index (χ1v) is 11.4. The molecule has 5 nitrogen and oxygen atoms in total. The maximum Gasteiger partial charge on any atom is 0.257 e. The van der Waals surface area contributed by atoms with Crippen LogP contribution in [-0.4, -0.2) is 34.4 Å². The van der Waals surface area contributed by atoms with Crippen molar-refractivity contribution in [3.05, 3.63) is 101 Å². The summed E-state index contributed by atoms with van der Waals surface area (Å²) in [5.41, 5.74) is 4.94. The first-order valence-electron chi connectivity index (χ1n) is 11.4. The number of nitrogens with zero attached hydrogens (tertiary/aromatic N) is 2. The largest absolute Gasteiger partial charge is 0.342 e. The molecule has 0 bridgehead atoms. The molecule has 1 aliphatic heterocycles. The number of anilines is 1. The molecule has 1 aliphatic rings. The summed E-state index contributed by atoms with van der Waals surface area (Å²) in [6, 6.07) is 23.7. The Morgan fingerprint density at radius 2 is 1.58 bits per heavy atom. The van der Waals surface area contributed by atoms with Gasteiger partial charge in [-0.05, 0) is 49.1 Å². The highest BCUT2D eigenvalue weighted by atomic mass is 16.2. The predicted molar refractivity (Wildman–Crippen MR) is 132 cm³/mol. The lowest BCUT2D eigenvalue weighted by Gasteiger charge is -2.18. The Bertz CT molecular complexity index is 1320. The van der Waals surface area contributed by atoms with Crippen molar-refractivity contribution in [2.45, 2.75) is 26.3 Å². The highest BCUT2D eigenvalue weighted by molar-refractivity contribution is 6.13. The van der Waals surface area contributed by atoms with Gasteiger partial charge in [-0.15, -0.1) is 0 Å². The Hall–Kier alpha value is -3.86. The lowest BCUT2D eigenvalue weighted by atomic mass is 10.0. The van der Waals surface area contributed by atoms with Crippen LogP contribution in [-0.2, 0) is 6.54 Å². The summed E-state index contributed by atoms with van der Waals surface area (Å²) < 4.78 is 2.11. The molecule has 0 saturated carbocycles. The SMILES string of the molecule is Cc1c(NC(=O)c2cn(Cc3ccccc3)c3ccccc23)cccc1C(=O)N1CCCC1. The van der Waals surface area contributed by atoms with Gasteiger partial charge in [0.15, 0.2) is 0 Å². The van der Waals surface area contributed by atoms with E-state index in [1.54, 1.807) is 0 Å². The van der Waals surface area contributed by atoms with Crippen LogP contribution in [0.3, 0.4) is 0 Å². The molecule has 2 amide bonds. The van der Waals surface area contributed by atoms with Crippen LogP contribution in [0, 0.1) is 6.92 Å². The average molecular weight is 438 g/mol. The van der Waals surface area contributed by atoms with Crippen molar-refractivity contribution in [2.24, 2.45) is 0 Å². The number of likely N-dealkylation sites (tertiary alicyclic amines) is 1. The van der Waals surface area contributed by atoms with E-state index in [2.05, 4.69) is 22.0 Å². The highest BCUT2D eigenvalue weighted by Gasteiger charge is 2.22. The lowest BCUT2D eigenvalue weighted by Crippen LogP contribution is -2.28. The number of amides is 2. The van der Waals surface area contributed by atoms with E-state index >= 15 is 0 Å². The van der Waals surface area contributed by atoms with Gasteiger partial charge in [0.05, 0.1) is 5.56 Å². The minimum absolute atomic E-state index is 0.0422. The van der Waals surface area contributed by atoms with Gasteiger partial charge < -0.3 is 14.8 Å². The van der Waals surface area contributed by atoms with Gasteiger partial charge in [0.2, 0.25) is 0 Å². The number of fused-ring (bicyclic) bond motifs is 1. The third-order valence-corrected chi connectivity index (χ3v) is 6.43. The summed E-state index contributed by atoms with van der Waals surface area (Å²) in [5, 5.41) is 3.97. The minimum Gasteiger partial charge on any atom is -0.342 e. The molecule has 4 aromatic rings. The van der Waals surface area contributed by atoms with Gasteiger partial charge in [-0.1, -0.05) is 54.6 Å². The molecule has 1 fully saturated rings. The smallest absolute Gasteiger partial charge is 0.257 e. The van der Waals surface area contributed by atoms with Crippen molar-refractivity contribution in [3.8, 4) is 0 Å². The molecule has 0 radical (unpaired) electrons. The zero-order valence-electron chi connectivity index (χ0n) is 18.8. The third kappa shape index (κ3) is 4.14. The fraction of sp³-hybridized carbons (Fsp3) is 0.214. The van der Waals surface area contributed by atoms with Gasteiger partial charge in [-0.3, -0.25) is 9.59 Å². The summed E-state index contributed by atoms with van der Waals surface area (Å²) in [5.74, 6) is -0.132. The quantitative estimate of drug-likeness (QED) is 0.449. The zero-order chi connectivity index (χ0) is 22.8. The number of nitrogens with one attached hydrogen (secondary N) is 1. The molecule has 5 heteroatoms. The van der Waals surface area contributed by atoms with Crippen LogP contribution in [0.1, 0.15) is 44.7 Å². The topological polar surface area (TPSA) is 54.3 Å². The number of para-hydroxylation sites is 1. The van der Waals surface area contributed by atoms with Gasteiger partial charge in [0, 0.05) is 48.0 Å². The summed E-state index contributed by atoms with van der Waals surface area (Å²) in [6.07, 6.45) is 4.02. The number of aromatic nitrogens is 1. The number of hydrogen-bond donors (Lipinski definition) is 1. The van der Waals surface area contributed by atoms with E-state index in [1.807, 2.05) is 78.7 Å². The molecule has 5 rings (SSSR count). The van der Waals surface area contributed by atoms with E-state index in [0.29, 0.717) is 23.4 Å². The monoisotopic (exact) mass is 437 g/mol. The molecular formula is C28H27N3O2. The second-order valence-electron chi connectivity index (χ2n) is 8.60. The van der Waals surface area contributed by atoms with Crippen molar-refractivity contribution in [1.29, 1.82) is 0 Å². The fourth-order valence-corrected chi connectivity index (χ4v) is 4.62. The molecule has 33 heavy (non-hydrogen) atoms. The van der Waals surface area contributed by atoms with Crippen LogP contribution in [0.15, 0.2) is 79.0 Å². The van der Waals surface area contributed by atoms with E-state index in [4.69, 9.17) is 0 Å². The Labute approximate surface area is 193 Å². The van der Waals surface area contributed by atoms with Crippen LogP contribution in [0.4, 0.5) is 5.69 Å². The van der Waals surface area contributed by atoms with Crippen molar-refractivity contribution < 1.29 is 9.59 Å². The van der Waals surface area contributed by atoms with Gasteiger partial charge in [-0.25, -0.2) is 0 Å². The van der Waals surface area contributed by atoms with Crippen LogP contribution in [0.25, 0.3) is 10.9 Å². The van der Waals surface area contributed by atoms with Crippen molar-refractivity contribution in [2.75, 3.05) is 18.4 Å².